The van der Waals surface area contributed by atoms with Crippen LogP contribution < -0.4 is 5.32 Å². The maximum absolute atomic E-state index is 11.5. The van der Waals surface area contributed by atoms with E-state index in [1.807, 2.05) is 0 Å². The molecule has 0 aromatic rings. The van der Waals surface area contributed by atoms with Crippen molar-refractivity contribution in [2.75, 3.05) is 25.4 Å². The molecule has 1 spiro atoms. The number of unbranched alkanes of at least 4 members (excludes halogenated alkanes) is 2. The van der Waals surface area contributed by atoms with Gasteiger partial charge in [0.05, 0.1) is 5.54 Å². The van der Waals surface area contributed by atoms with Crippen molar-refractivity contribution in [2.45, 2.75) is 57.5 Å². The minimum Gasteiger partial charge on any atom is -0.347 e. The van der Waals surface area contributed by atoms with Crippen LogP contribution in [0.25, 0.3) is 0 Å². The highest BCUT2D eigenvalue weighted by atomic mass is 31.1. The first-order valence-electron chi connectivity index (χ1n) is 7.24. The number of carbonyl (C=O) groups excluding carboxylic acids is 1. The normalized spacial score (nSPS) is 25.2. The van der Waals surface area contributed by atoms with Crippen molar-refractivity contribution in [3.8, 4) is 0 Å². The molecule has 2 aliphatic heterocycles. The fraction of sp³-hybridized carbons (Fsp3) is 0.929. The van der Waals surface area contributed by atoms with E-state index in [1.54, 1.807) is 0 Å². The summed E-state index contributed by atoms with van der Waals surface area (Å²) in [6.07, 6.45) is 7.16. The van der Waals surface area contributed by atoms with Crippen LogP contribution in [0.15, 0.2) is 0 Å². The molecule has 0 radical (unpaired) electrons. The molecule has 1 atom stereocenters. The molecule has 0 aromatic carbocycles. The molecule has 1 amide bonds. The van der Waals surface area contributed by atoms with E-state index in [4.69, 9.17) is 0 Å². The molecular weight excluding hydrogens is 243 g/mol. The summed E-state index contributed by atoms with van der Waals surface area (Å²) in [4.78, 5) is 14.1. The van der Waals surface area contributed by atoms with E-state index in [0.29, 0.717) is 5.54 Å². The van der Waals surface area contributed by atoms with E-state index in [9.17, 15) is 4.79 Å². The molecule has 2 heterocycles. The van der Waals surface area contributed by atoms with E-state index in [-0.39, 0.29) is 11.4 Å². The van der Waals surface area contributed by atoms with Crippen LogP contribution in [0, 0.1) is 0 Å². The summed E-state index contributed by atoms with van der Waals surface area (Å²) in [7, 11) is 0.827. The molecule has 2 fully saturated rings. The fourth-order valence-corrected chi connectivity index (χ4v) is 4.30. The number of nitrogens with zero attached hydrogens (tertiary/aromatic N) is 1. The van der Waals surface area contributed by atoms with Gasteiger partial charge in [0.25, 0.3) is 0 Å². The number of hydrogen-bond donors (Lipinski definition) is 1. The zero-order chi connectivity index (χ0) is 13.2. The lowest BCUT2D eigenvalue weighted by molar-refractivity contribution is -0.125. The van der Waals surface area contributed by atoms with E-state index in [2.05, 4.69) is 31.0 Å². The van der Waals surface area contributed by atoms with Gasteiger partial charge in [-0.05, 0) is 26.4 Å². The Bertz CT molecular complexity index is 311. The minimum absolute atomic E-state index is 0.135. The summed E-state index contributed by atoms with van der Waals surface area (Å²) < 4.78 is 0. The average molecular weight is 270 g/mol. The Morgan fingerprint density at radius 2 is 2.11 bits per heavy atom. The van der Waals surface area contributed by atoms with Crippen LogP contribution in [-0.2, 0) is 4.79 Å². The lowest BCUT2D eigenvalue weighted by atomic mass is 9.83. The van der Waals surface area contributed by atoms with Crippen LogP contribution in [0.5, 0.6) is 0 Å². The van der Waals surface area contributed by atoms with Crippen molar-refractivity contribution in [1.82, 2.24) is 10.2 Å². The van der Waals surface area contributed by atoms with Crippen LogP contribution in [0.2, 0.25) is 0 Å². The van der Waals surface area contributed by atoms with E-state index in [1.165, 1.54) is 31.8 Å². The maximum Gasteiger partial charge on any atom is 0.224 e. The van der Waals surface area contributed by atoms with Gasteiger partial charge >= 0.3 is 0 Å². The lowest BCUT2D eigenvalue weighted by Gasteiger charge is -2.58. The van der Waals surface area contributed by atoms with Crippen LogP contribution >= 0.6 is 8.58 Å². The van der Waals surface area contributed by atoms with Crippen molar-refractivity contribution >= 4 is 14.5 Å². The number of hydrogen-bond acceptors (Lipinski definition) is 2. The standard InChI is InChI=1S/C14H27N2OP/c1-4-5-6-7-13(2,3)16-9-14(10-16)11-18-8-12(17)15-14/h18H,4-11H2,1-3H3,(H,15,17). The van der Waals surface area contributed by atoms with Crippen LogP contribution in [0.1, 0.15) is 46.5 Å². The predicted molar refractivity (Wildman–Crippen MR) is 78.7 cm³/mol. The van der Waals surface area contributed by atoms with Crippen molar-refractivity contribution in [1.29, 1.82) is 0 Å². The van der Waals surface area contributed by atoms with E-state index < -0.39 is 0 Å². The van der Waals surface area contributed by atoms with Gasteiger partial charge in [-0.3, -0.25) is 9.69 Å². The zero-order valence-electron chi connectivity index (χ0n) is 12.0. The van der Waals surface area contributed by atoms with Gasteiger partial charge in [0.15, 0.2) is 0 Å². The van der Waals surface area contributed by atoms with Crippen LogP contribution in [-0.4, -0.2) is 47.3 Å². The summed E-state index contributed by atoms with van der Waals surface area (Å²) in [5, 5.41) is 3.22. The van der Waals surface area contributed by atoms with Gasteiger partial charge in [0.1, 0.15) is 0 Å². The van der Waals surface area contributed by atoms with Gasteiger partial charge in [-0.25, -0.2) is 0 Å². The van der Waals surface area contributed by atoms with Crippen LogP contribution in [0.4, 0.5) is 0 Å². The SMILES string of the molecule is CCCCCC(C)(C)N1CC2(CPCC(=O)N2)C1. The molecule has 0 bridgehead atoms. The fourth-order valence-electron chi connectivity index (χ4n) is 3.07. The summed E-state index contributed by atoms with van der Waals surface area (Å²) >= 11 is 0. The first-order valence-corrected chi connectivity index (χ1v) is 8.66. The number of carbonyl (C=O) groups is 1. The first-order chi connectivity index (χ1) is 8.47. The molecule has 104 valence electrons. The summed E-state index contributed by atoms with van der Waals surface area (Å²) in [6.45, 7) is 9.07. The Morgan fingerprint density at radius 3 is 2.72 bits per heavy atom. The average Bonchev–Trinajstić information content (AvgIpc) is 2.26. The third kappa shape index (κ3) is 3.05. The van der Waals surface area contributed by atoms with Gasteiger partial charge < -0.3 is 5.32 Å². The quantitative estimate of drug-likeness (QED) is 0.613. The molecular formula is C14H27N2OP. The number of rotatable bonds is 5. The number of likely N-dealkylation sites (tertiary alicyclic amines) is 1. The van der Waals surface area contributed by atoms with Crippen molar-refractivity contribution < 1.29 is 4.79 Å². The second-order valence-electron chi connectivity index (χ2n) is 6.56. The van der Waals surface area contributed by atoms with E-state index >= 15 is 0 Å². The molecule has 2 saturated heterocycles. The van der Waals surface area contributed by atoms with Gasteiger partial charge in [-0.1, -0.05) is 26.2 Å². The topological polar surface area (TPSA) is 32.3 Å². The molecule has 0 saturated carbocycles. The molecule has 2 aliphatic rings. The van der Waals surface area contributed by atoms with Crippen molar-refractivity contribution in [3.05, 3.63) is 0 Å². The molecule has 2 rings (SSSR count). The largest absolute Gasteiger partial charge is 0.347 e. The number of amides is 1. The first kappa shape index (κ1) is 14.3. The Labute approximate surface area is 113 Å². The smallest absolute Gasteiger partial charge is 0.224 e. The highest BCUT2D eigenvalue weighted by molar-refractivity contribution is 7.39. The Kier molecular flexibility index (Phi) is 4.33. The summed E-state index contributed by atoms with van der Waals surface area (Å²) in [6, 6.07) is 0. The minimum atomic E-state index is 0.135. The van der Waals surface area contributed by atoms with Gasteiger partial charge in [0, 0.05) is 24.8 Å². The van der Waals surface area contributed by atoms with Gasteiger partial charge in [0.2, 0.25) is 5.91 Å². The second-order valence-corrected chi connectivity index (χ2v) is 7.76. The summed E-state index contributed by atoms with van der Waals surface area (Å²) in [5.74, 6) is 0.267. The molecule has 1 N–H and O–H groups in total. The lowest BCUT2D eigenvalue weighted by Crippen LogP contribution is -2.76. The number of nitrogens with one attached hydrogen (secondary N) is 1. The van der Waals surface area contributed by atoms with E-state index in [0.717, 1.165) is 27.8 Å². The molecule has 18 heavy (non-hydrogen) atoms. The van der Waals surface area contributed by atoms with Gasteiger partial charge in [-0.15, -0.1) is 8.58 Å². The summed E-state index contributed by atoms with van der Waals surface area (Å²) in [5.41, 5.74) is 0.432. The highest BCUT2D eigenvalue weighted by Crippen LogP contribution is 2.37. The molecule has 4 heteroatoms. The monoisotopic (exact) mass is 270 g/mol. The van der Waals surface area contributed by atoms with Crippen molar-refractivity contribution in [2.24, 2.45) is 0 Å². The van der Waals surface area contributed by atoms with Gasteiger partial charge in [-0.2, -0.15) is 0 Å². The molecule has 0 aliphatic carbocycles. The van der Waals surface area contributed by atoms with Crippen molar-refractivity contribution in [3.63, 3.8) is 0 Å². The molecule has 0 aromatic heterocycles. The predicted octanol–water partition coefficient (Wildman–Crippen LogP) is 2.21. The third-order valence-electron chi connectivity index (χ3n) is 4.39. The zero-order valence-corrected chi connectivity index (χ0v) is 13.0. The molecule has 3 nitrogen and oxygen atoms in total. The Morgan fingerprint density at radius 1 is 1.39 bits per heavy atom. The second kappa shape index (κ2) is 5.46. The Balaban J connectivity index is 1.81. The molecule has 1 unspecified atom stereocenters. The third-order valence-corrected chi connectivity index (χ3v) is 5.89. The van der Waals surface area contributed by atoms with Crippen LogP contribution in [0.3, 0.4) is 0 Å². The maximum atomic E-state index is 11.5. The highest BCUT2D eigenvalue weighted by Gasteiger charge is 2.49. The Hall–Kier alpha value is -0.140.